The number of benzene rings is 2. The molecule has 0 bridgehead atoms. The Bertz CT molecular complexity index is 1130. The summed E-state index contributed by atoms with van der Waals surface area (Å²) in [5, 5.41) is 20.7. The molecule has 2 aromatic carbocycles. The topological polar surface area (TPSA) is 99.5 Å². The molecule has 2 unspecified atom stereocenters. The monoisotopic (exact) mass is 453 g/mol. The van der Waals surface area contributed by atoms with Gasteiger partial charge in [-0.1, -0.05) is 11.6 Å². The van der Waals surface area contributed by atoms with E-state index >= 15 is 0 Å². The number of aromatic nitrogens is 2. The number of aliphatic hydroxyl groups excluding tert-OH is 1. The van der Waals surface area contributed by atoms with Crippen LogP contribution in [0.5, 0.6) is 0 Å². The van der Waals surface area contributed by atoms with Gasteiger partial charge in [-0.2, -0.15) is 5.10 Å². The van der Waals surface area contributed by atoms with Crippen molar-refractivity contribution in [2.75, 3.05) is 17.2 Å². The van der Waals surface area contributed by atoms with E-state index in [2.05, 4.69) is 15.7 Å². The highest BCUT2D eigenvalue weighted by atomic mass is 35.5. The molecule has 8 nitrogen and oxygen atoms in total. The molecule has 0 aliphatic carbocycles. The number of carbonyl (C=O) groups is 2. The van der Waals surface area contributed by atoms with Crippen molar-refractivity contribution in [3.05, 3.63) is 71.0 Å². The summed E-state index contributed by atoms with van der Waals surface area (Å²) in [6.45, 7) is 3.99. The summed E-state index contributed by atoms with van der Waals surface area (Å²) < 4.78 is 1.83. The summed E-state index contributed by atoms with van der Waals surface area (Å²) in [6, 6.07) is 14.7. The first-order valence-electron chi connectivity index (χ1n) is 10.3. The lowest BCUT2D eigenvalue weighted by atomic mass is 10.1. The molecule has 3 amide bonds. The van der Waals surface area contributed by atoms with E-state index in [1.165, 1.54) is 4.90 Å². The molecule has 2 atom stereocenters. The SMILES string of the molecule is Cc1cc(C)n(-c2ccc(NC(=O)C3CC(O)CN3C(=O)Nc3ccc(Cl)cc3)cc2)n1. The maximum atomic E-state index is 12.9. The summed E-state index contributed by atoms with van der Waals surface area (Å²) in [4.78, 5) is 27.0. The van der Waals surface area contributed by atoms with Crippen molar-refractivity contribution in [2.45, 2.75) is 32.4 Å². The first-order valence-corrected chi connectivity index (χ1v) is 10.6. The van der Waals surface area contributed by atoms with Crippen molar-refractivity contribution in [1.82, 2.24) is 14.7 Å². The Morgan fingerprint density at radius 3 is 2.28 bits per heavy atom. The Kier molecular flexibility index (Phi) is 6.16. The van der Waals surface area contributed by atoms with Crippen molar-refractivity contribution in [1.29, 1.82) is 0 Å². The fourth-order valence-corrected chi connectivity index (χ4v) is 3.94. The average Bonchev–Trinajstić information content (AvgIpc) is 3.32. The Labute approximate surface area is 190 Å². The molecule has 166 valence electrons. The van der Waals surface area contributed by atoms with Crippen molar-refractivity contribution < 1.29 is 14.7 Å². The molecule has 9 heteroatoms. The van der Waals surface area contributed by atoms with Crippen LogP contribution in [-0.2, 0) is 4.79 Å². The summed E-state index contributed by atoms with van der Waals surface area (Å²) in [6.07, 6.45) is -0.598. The number of carbonyl (C=O) groups excluding carboxylic acids is 2. The molecule has 3 N–H and O–H groups in total. The predicted molar refractivity (Wildman–Crippen MR) is 123 cm³/mol. The smallest absolute Gasteiger partial charge is 0.322 e. The Morgan fingerprint density at radius 2 is 1.66 bits per heavy atom. The number of hydrogen-bond acceptors (Lipinski definition) is 4. The molecule has 1 saturated heterocycles. The van der Waals surface area contributed by atoms with Crippen LogP contribution in [0.1, 0.15) is 17.8 Å². The van der Waals surface area contributed by atoms with Crippen molar-refractivity contribution >= 4 is 34.9 Å². The van der Waals surface area contributed by atoms with Gasteiger partial charge >= 0.3 is 6.03 Å². The number of nitrogens with one attached hydrogen (secondary N) is 2. The van der Waals surface area contributed by atoms with Crippen LogP contribution in [0.4, 0.5) is 16.2 Å². The summed E-state index contributed by atoms with van der Waals surface area (Å²) >= 11 is 5.88. The van der Waals surface area contributed by atoms with Gasteiger partial charge in [-0.25, -0.2) is 9.48 Å². The highest BCUT2D eigenvalue weighted by Crippen LogP contribution is 2.23. The van der Waals surface area contributed by atoms with E-state index in [4.69, 9.17) is 11.6 Å². The van der Waals surface area contributed by atoms with E-state index in [0.29, 0.717) is 16.4 Å². The van der Waals surface area contributed by atoms with Crippen LogP contribution in [0.15, 0.2) is 54.6 Å². The van der Waals surface area contributed by atoms with Crippen LogP contribution < -0.4 is 10.6 Å². The number of hydrogen-bond donors (Lipinski definition) is 3. The molecular weight excluding hydrogens is 430 g/mol. The fourth-order valence-electron chi connectivity index (χ4n) is 3.82. The summed E-state index contributed by atoms with van der Waals surface area (Å²) in [7, 11) is 0. The number of nitrogens with zero attached hydrogens (tertiary/aromatic N) is 3. The number of aliphatic hydroxyl groups is 1. The van der Waals surface area contributed by atoms with E-state index in [9.17, 15) is 14.7 Å². The number of anilines is 2. The van der Waals surface area contributed by atoms with Crippen LogP contribution in [-0.4, -0.2) is 50.4 Å². The molecule has 1 aliphatic heterocycles. The third-order valence-electron chi connectivity index (χ3n) is 5.33. The first kappa shape index (κ1) is 21.9. The molecule has 0 radical (unpaired) electrons. The second kappa shape index (κ2) is 9.02. The van der Waals surface area contributed by atoms with Gasteiger partial charge in [0, 0.05) is 35.1 Å². The van der Waals surface area contributed by atoms with Gasteiger partial charge in [0.25, 0.3) is 0 Å². The highest BCUT2D eigenvalue weighted by Gasteiger charge is 2.39. The minimum absolute atomic E-state index is 0.0778. The molecule has 0 spiro atoms. The van der Waals surface area contributed by atoms with E-state index in [1.54, 1.807) is 36.4 Å². The Morgan fingerprint density at radius 1 is 1.03 bits per heavy atom. The zero-order chi connectivity index (χ0) is 22.8. The minimum atomic E-state index is -0.784. The zero-order valence-electron chi connectivity index (χ0n) is 17.7. The standard InChI is InChI=1S/C23H24ClN5O3/c1-14-11-15(2)29(27-14)19-9-7-17(8-10-19)25-22(31)21-12-20(30)13-28(21)23(32)26-18-5-3-16(24)4-6-18/h3-11,20-21,30H,12-13H2,1-2H3,(H,25,31)(H,26,32). The zero-order valence-corrected chi connectivity index (χ0v) is 18.5. The molecular formula is C23H24ClN5O3. The third kappa shape index (κ3) is 4.76. The number of halogens is 1. The quantitative estimate of drug-likeness (QED) is 0.560. The fraction of sp³-hybridized carbons (Fsp3) is 0.261. The molecule has 1 fully saturated rings. The van der Waals surface area contributed by atoms with Crippen LogP contribution in [0.3, 0.4) is 0 Å². The summed E-state index contributed by atoms with van der Waals surface area (Å²) in [5.74, 6) is -0.355. The van der Waals surface area contributed by atoms with E-state index in [0.717, 1.165) is 17.1 Å². The van der Waals surface area contributed by atoms with Gasteiger partial charge in [-0.15, -0.1) is 0 Å². The normalized spacial score (nSPS) is 17.9. The van der Waals surface area contributed by atoms with Crippen LogP contribution >= 0.6 is 11.6 Å². The number of aryl methyl sites for hydroxylation is 2. The lowest BCUT2D eigenvalue weighted by molar-refractivity contribution is -0.119. The van der Waals surface area contributed by atoms with Gasteiger partial charge in [0.2, 0.25) is 5.91 Å². The third-order valence-corrected chi connectivity index (χ3v) is 5.58. The van der Waals surface area contributed by atoms with Crippen molar-refractivity contribution in [3.63, 3.8) is 0 Å². The maximum absolute atomic E-state index is 12.9. The summed E-state index contributed by atoms with van der Waals surface area (Å²) in [5.41, 5.74) is 3.98. The number of urea groups is 1. The van der Waals surface area contributed by atoms with E-state index in [1.807, 2.05) is 36.7 Å². The maximum Gasteiger partial charge on any atom is 0.322 e. The highest BCUT2D eigenvalue weighted by molar-refractivity contribution is 6.30. The molecule has 1 aromatic heterocycles. The molecule has 32 heavy (non-hydrogen) atoms. The molecule has 1 aliphatic rings. The number of β-amino-alcohol motifs (C(OH)–C–C–N with tert-alkyl or cyclic N) is 1. The number of amides is 3. The minimum Gasteiger partial charge on any atom is -0.391 e. The van der Waals surface area contributed by atoms with Gasteiger partial charge in [0.15, 0.2) is 0 Å². The van der Waals surface area contributed by atoms with Gasteiger partial charge in [0.05, 0.1) is 17.5 Å². The van der Waals surface area contributed by atoms with Crippen LogP contribution in [0.2, 0.25) is 5.02 Å². The average molecular weight is 454 g/mol. The van der Waals surface area contributed by atoms with Gasteiger partial charge in [-0.05, 0) is 68.4 Å². The van der Waals surface area contributed by atoms with Gasteiger partial charge in [-0.3, -0.25) is 4.79 Å². The number of rotatable bonds is 4. The van der Waals surface area contributed by atoms with Crippen molar-refractivity contribution in [3.8, 4) is 5.69 Å². The molecule has 3 aromatic rings. The first-order chi connectivity index (χ1) is 15.3. The van der Waals surface area contributed by atoms with Gasteiger partial charge < -0.3 is 20.6 Å². The lowest BCUT2D eigenvalue weighted by Crippen LogP contribution is -2.45. The predicted octanol–water partition coefficient (Wildman–Crippen LogP) is 3.75. The molecule has 4 rings (SSSR count). The van der Waals surface area contributed by atoms with Crippen molar-refractivity contribution in [2.24, 2.45) is 0 Å². The second-order valence-corrected chi connectivity index (χ2v) is 8.31. The molecule has 2 heterocycles. The Balaban J connectivity index is 1.43. The second-order valence-electron chi connectivity index (χ2n) is 7.87. The van der Waals surface area contributed by atoms with E-state index < -0.39 is 18.2 Å². The number of likely N-dealkylation sites (tertiary alicyclic amines) is 1. The van der Waals surface area contributed by atoms with E-state index in [-0.39, 0.29) is 18.9 Å². The lowest BCUT2D eigenvalue weighted by Gasteiger charge is -2.24. The molecule has 0 saturated carbocycles. The largest absolute Gasteiger partial charge is 0.391 e. The van der Waals surface area contributed by atoms with Gasteiger partial charge in [0.1, 0.15) is 6.04 Å². The van der Waals surface area contributed by atoms with Crippen LogP contribution in [0, 0.1) is 13.8 Å². The van der Waals surface area contributed by atoms with Crippen LogP contribution in [0.25, 0.3) is 5.69 Å². The Hall–Kier alpha value is -3.36.